The smallest absolute Gasteiger partial charge is 0.321 e. The summed E-state index contributed by atoms with van der Waals surface area (Å²) in [5.41, 5.74) is -0.552. The second-order valence-electron chi connectivity index (χ2n) is 4.59. The van der Waals surface area contributed by atoms with E-state index in [-0.39, 0.29) is 5.92 Å². The van der Waals surface area contributed by atoms with E-state index < -0.39 is 23.9 Å². The summed E-state index contributed by atoms with van der Waals surface area (Å²) in [5.74, 6) is -0.938. The summed E-state index contributed by atoms with van der Waals surface area (Å²) in [4.78, 5) is 28.2. The summed E-state index contributed by atoms with van der Waals surface area (Å²) in [6, 6.07) is 2.60. The maximum Gasteiger partial charge on any atom is 0.321 e. The Kier molecular flexibility index (Phi) is 6.56. The number of nitrogens with zero attached hydrogens (tertiary/aromatic N) is 4. The lowest BCUT2D eigenvalue weighted by Gasteiger charge is -2.18. The lowest BCUT2D eigenvalue weighted by atomic mass is 10.2. The van der Waals surface area contributed by atoms with Gasteiger partial charge in [0.25, 0.3) is 5.91 Å². The summed E-state index contributed by atoms with van der Waals surface area (Å²) in [5, 5.41) is 20.9. The van der Waals surface area contributed by atoms with Crippen molar-refractivity contribution in [3.05, 3.63) is 18.5 Å². The molecule has 9 heteroatoms. The Labute approximate surface area is 127 Å². The quantitative estimate of drug-likeness (QED) is 0.594. The third-order valence-corrected chi connectivity index (χ3v) is 2.49. The third-order valence-electron chi connectivity index (χ3n) is 2.49. The van der Waals surface area contributed by atoms with Crippen molar-refractivity contribution in [3.63, 3.8) is 0 Å². The predicted molar refractivity (Wildman–Crippen MR) is 77.5 cm³/mol. The Bertz CT molecular complexity index is 573. The van der Waals surface area contributed by atoms with Crippen LogP contribution in [0.2, 0.25) is 0 Å². The minimum atomic E-state index is -0.934. The van der Waals surface area contributed by atoms with E-state index in [1.807, 2.05) is 19.2 Å². The maximum atomic E-state index is 11.7. The van der Waals surface area contributed by atoms with E-state index in [2.05, 4.69) is 15.6 Å². The molecule has 1 rings (SSSR count). The van der Waals surface area contributed by atoms with Crippen molar-refractivity contribution in [2.24, 2.45) is 11.1 Å². The molecule has 0 saturated carbocycles. The largest absolute Gasteiger partial charge is 0.367 e. The average molecular weight is 306 g/mol. The molecule has 1 unspecified atom stereocenters. The molecule has 0 aliphatic rings. The zero-order valence-electron chi connectivity index (χ0n) is 12.6. The highest BCUT2D eigenvalue weighted by Crippen LogP contribution is 2.18. The Hall–Kier alpha value is -2.89. The summed E-state index contributed by atoms with van der Waals surface area (Å²) in [6.07, 6.45) is 2.69. The molecule has 0 aromatic carbocycles. The molecule has 0 bridgehead atoms. The second kappa shape index (κ2) is 8.41. The first-order valence-electron chi connectivity index (χ1n) is 6.71. The minimum Gasteiger partial charge on any atom is -0.367 e. The average Bonchev–Trinajstić information content (AvgIpc) is 2.97. The van der Waals surface area contributed by atoms with Crippen LogP contribution in [0.4, 0.5) is 4.79 Å². The molecule has 118 valence electrons. The summed E-state index contributed by atoms with van der Waals surface area (Å²) >= 11 is 0. The molecular weight excluding hydrogens is 288 g/mol. The highest BCUT2D eigenvalue weighted by molar-refractivity contribution is 6.46. The standard InChI is InChI=1S/C13H18N6O3/c1-4-15-13(21)17-11(20)10(8-14)18-22-12(9(2)3)19-7-5-6-16-19/h5-7,9,12H,4H2,1-3H3,(H2,15,17,20,21). The van der Waals surface area contributed by atoms with Gasteiger partial charge in [-0.2, -0.15) is 10.4 Å². The van der Waals surface area contributed by atoms with Gasteiger partial charge in [-0.3, -0.25) is 10.1 Å². The number of urea groups is 1. The number of oxime groups is 1. The lowest BCUT2D eigenvalue weighted by Crippen LogP contribution is -2.42. The third kappa shape index (κ3) is 4.90. The Balaban J connectivity index is 2.77. The van der Waals surface area contributed by atoms with Crippen LogP contribution in [0.3, 0.4) is 0 Å². The molecule has 0 saturated heterocycles. The van der Waals surface area contributed by atoms with Gasteiger partial charge in [-0.1, -0.05) is 19.0 Å². The SMILES string of the molecule is CCNC(=O)NC(=O)C(C#N)=NOC(C(C)C)n1cccn1. The van der Waals surface area contributed by atoms with E-state index in [0.29, 0.717) is 6.54 Å². The zero-order chi connectivity index (χ0) is 16.5. The number of hydrogen-bond donors (Lipinski definition) is 2. The fourth-order valence-electron chi connectivity index (χ4n) is 1.49. The van der Waals surface area contributed by atoms with Crippen molar-refractivity contribution in [2.75, 3.05) is 6.54 Å². The fraction of sp³-hybridized carbons (Fsp3) is 0.462. The predicted octanol–water partition coefficient (Wildman–Crippen LogP) is 0.780. The van der Waals surface area contributed by atoms with Crippen molar-refractivity contribution in [2.45, 2.75) is 27.0 Å². The van der Waals surface area contributed by atoms with E-state index >= 15 is 0 Å². The zero-order valence-corrected chi connectivity index (χ0v) is 12.6. The van der Waals surface area contributed by atoms with Crippen LogP contribution in [-0.4, -0.2) is 34.0 Å². The Morgan fingerprint density at radius 1 is 1.50 bits per heavy atom. The van der Waals surface area contributed by atoms with E-state index in [4.69, 9.17) is 10.1 Å². The number of aromatic nitrogens is 2. The van der Waals surface area contributed by atoms with Crippen LogP contribution in [0.15, 0.2) is 23.6 Å². The fourth-order valence-corrected chi connectivity index (χ4v) is 1.49. The van der Waals surface area contributed by atoms with Crippen LogP contribution in [0.25, 0.3) is 0 Å². The molecule has 22 heavy (non-hydrogen) atoms. The Morgan fingerprint density at radius 3 is 2.73 bits per heavy atom. The summed E-state index contributed by atoms with van der Waals surface area (Å²) in [6.45, 7) is 5.80. The molecular formula is C13H18N6O3. The van der Waals surface area contributed by atoms with Gasteiger partial charge in [-0.05, 0) is 13.0 Å². The normalized spacial score (nSPS) is 12.4. The molecule has 9 nitrogen and oxygen atoms in total. The molecule has 0 spiro atoms. The number of imide groups is 1. The minimum absolute atomic E-state index is 0.00459. The van der Waals surface area contributed by atoms with E-state index in [9.17, 15) is 9.59 Å². The molecule has 1 heterocycles. The van der Waals surface area contributed by atoms with E-state index in [0.717, 1.165) is 0 Å². The summed E-state index contributed by atoms with van der Waals surface area (Å²) in [7, 11) is 0. The van der Waals surface area contributed by atoms with Crippen molar-refractivity contribution in [3.8, 4) is 6.07 Å². The monoisotopic (exact) mass is 306 g/mol. The van der Waals surface area contributed by atoms with Crippen molar-refractivity contribution >= 4 is 17.6 Å². The van der Waals surface area contributed by atoms with Gasteiger partial charge in [0.15, 0.2) is 0 Å². The maximum absolute atomic E-state index is 11.7. The van der Waals surface area contributed by atoms with Crippen LogP contribution in [0.1, 0.15) is 27.0 Å². The molecule has 1 aromatic heterocycles. The first kappa shape index (κ1) is 17.2. The first-order chi connectivity index (χ1) is 10.5. The van der Waals surface area contributed by atoms with Gasteiger partial charge in [0, 0.05) is 24.9 Å². The molecule has 3 amide bonds. The van der Waals surface area contributed by atoms with E-state index in [1.165, 1.54) is 4.68 Å². The van der Waals surface area contributed by atoms with Gasteiger partial charge in [0.1, 0.15) is 6.07 Å². The summed E-state index contributed by atoms with van der Waals surface area (Å²) < 4.78 is 1.52. The lowest BCUT2D eigenvalue weighted by molar-refractivity contribution is -0.114. The van der Waals surface area contributed by atoms with Crippen LogP contribution >= 0.6 is 0 Å². The van der Waals surface area contributed by atoms with Gasteiger partial charge in [0.05, 0.1) is 0 Å². The molecule has 0 fully saturated rings. The number of amides is 3. The van der Waals surface area contributed by atoms with E-state index in [1.54, 1.807) is 31.5 Å². The highest BCUT2D eigenvalue weighted by Gasteiger charge is 2.20. The van der Waals surface area contributed by atoms with Crippen LogP contribution < -0.4 is 10.6 Å². The van der Waals surface area contributed by atoms with Crippen LogP contribution in [-0.2, 0) is 9.63 Å². The number of carbonyl (C=O) groups excluding carboxylic acids is 2. The van der Waals surface area contributed by atoms with Gasteiger partial charge in [-0.25, -0.2) is 9.48 Å². The van der Waals surface area contributed by atoms with Gasteiger partial charge in [0.2, 0.25) is 11.9 Å². The molecule has 0 aliphatic heterocycles. The van der Waals surface area contributed by atoms with Crippen molar-refractivity contribution in [1.82, 2.24) is 20.4 Å². The van der Waals surface area contributed by atoms with Crippen LogP contribution in [0, 0.1) is 17.2 Å². The molecule has 2 N–H and O–H groups in total. The number of carbonyl (C=O) groups is 2. The molecule has 0 aliphatic carbocycles. The van der Waals surface area contributed by atoms with Gasteiger partial charge >= 0.3 is 6.03 Å². The number of nitriles is 1. The molecule has 1 atom stereocenters. The number of hydrogen-bond acceptors (Lipinski definition) is 6. The number of nitrogens with one attached hydrogen (secondary N) is 2. The molecule has 0 radical (unpaired) electrons. The van der Waals surface area contributed by atoms with Crippen molar-refractivity contribution in [1.29, 1.82) is 5.26 Å². The van der Waals surface area contributed by atoms with Crippen LogP contribution in [0.5, 0.6) is 0 Å². The van der Waals surface area contributed by atoms with Gasteiger partial charge in [-0.15, -0.1) is 0 Å². The second-order valence-corrected chi connectivity index (χ2v) is 4.59. The number of rotatable bonds is 6. The van der Waals surface area contributed by atoms with Crippen molar-refractivity contribution < 1.29 is 14.4 Å². The molecule has 1 aromatic rings. The highest BCUT2D eigenvalue weighted by atomic mass is 16.7. The Morgan fingerprint density at radius 2 is 2.23 bits per heavy atom. The topological polar surface area (TPSA) is 121 Å². The van der Waals surface area contributed by atoms with Gasteiger partial charge < -0.3 is 10.2 Å². The first-order valence-corrected chi connectivity index (χ1v) is 6.71.